The minimum absolute atomic E-state index is 0.434. The molecule has 170 valence electrons. The van der Waals surface area contributed by atoms with Crippen molar-refractivity contribution in [1.29, 1.82) is 0 Å². The normalized spacial score (nSPS) is 10.7. The molecule has 3 aromatic rings. The molecule has 0 aliphatic heterocycles. The standard InChI is InChI=1S/C22H28ClN7O2/c23-18-8-6-17(7-9-18)16-26-21-28-20(25-11-13-32-15-14-31-12-10-24)29-22(30-21)27-19-4-2-1-3-5-19/h1-9H,10-16,24H2,(H3,25,26,27,28,29,30). The molecule has 0 fully saturated rings. The summed E-state index contributed by atoms with van der Waals surface area (Å²) in [6, 6.07) is 17.3. The molecule has 9 nitrogen and oxygen atoms in total. The van der Waals surface area contributed by atoms with Crippen LogP contribution in [0.1, 0.15) is 5.56 Å². The van der Waals surface area contributed by atoms with Crippen LogP contribution in [0, 0.1) is 0 Å². The number of halogens is 1. The molecular formula is C22H28ClN7O2. The van der Waals surface area contributed by atoms with Crippen LogP contribution in [0.15, 0.2) is 54.6 Å². The van der Waals surface area contributed by atoms with Crippen LogP contribution in [0.25, 0.3) is 0 Å². The van der Waals surface area contributed by atoms with E-state index in [0.717, 1.165) is 11.3 Å². The van der Waals surface area contributed by atoms with E-state index in [9.17, 15) is 0 Å². The minimum Gasteiger partial charge on any atom is -0.378 e. The van der Waals surface area contributed by atoms with Gasteiger partial charge in [-0.3, -0.25) is 0 Å². The summed E-state index contributed by atoms with van der Waals surface area (Å²) in [7, 11) is 0. The Morgan fingerprint density at radius 3 is 2.12 bits per heavy atom. The van der Waals surface area contributed by atoms with Gasteiger partial charge in [0.05, 0.1) is 26.4 Å². The average Bonchev–Trinajstić information content (AvgIpc) is 2.81. The van der Waals surface area contributed by atoms with Gasteiger partial charge in [0.15, 0.2) is 0 Å². The number of nitrogens with one attached hydrogen (secondary N) is 3. The third kappa shape index (κ3) is 8.64. The van der Waals surface area contributed by atoms with Gasteiger partial charge in [-0.1, -0.05) is 41.9 Å². The number of para-hydroxylation sites is 1. The molecule has 0 atom stereocenters. The molecular weight excluding hydrogens is 430 g/mol. The lowest BCUT2D eigenvalue weighted by molar-refractivity contribution is 0.0547. The lowest BCUT2D eigenvalue weighted by Gasteiger charge is -2.12. The maximum absolute atomic E-state index is 5.96. The lowest BCUT2D eigenvalue weighted by atomic mass is 10.2. The SMILES string of the molecule is NCCOCCOCCNc1nc(NCc2ccc(Cl)cc2)nc(Nc2ccccc2)n1. The number of hydrogen-bond donors (Lipinski definition) is 4. The molecule has 5 N–H and O–H groups in total. The molecule has 0 aliphatic carbocycles. The Morgan fingerprint density at radius 1 is 0.750 bits per heavy atom. The fourth-order valence-corrected chi connectivity index (χ4v) is 2.79. The zero-order valence-electron chi connectivity index (χ0n) is 17.8. The van der Waals surface area contributed by atoms with Gasteiger partial charge in [-0.2, -0.15) is 15.0 Å². The van der Waals surface area contributed by atoms with Crippen molar-refractivity contribution in [2.75, 3.05) is 55.5 Å². The van der Waals surface area contributed by atoms with Gasteiger partial charge in [0.2, 0.25) is 17.8 Å². The quantitative estimate of drug-likeness (QED) is 0.270. The van der Waals surface area contributed by atoms with E-state index < -0.39 is 0 Å². The Labute approximate surface area is 192 Å². The summed E-state index contributed by atoms with van der Waals surface area (Å²) in [4.78, 5) is 13.4. The Morgan fingerprint density at radius 2 is 1.41 bits per heavy atom. The van der Waals surface area contributed by atoms with Crippen molar-refractivity contribution in [2.24, 2.45) is 5.73 Å². The predicted molar refractivity (Wildman–Crippen MR) is 128 cm³/mol. The van der Waals surface area contributed by atoms with E-state index in [1.165, 1.54) is 0 Å². The summed E-state index contributed by atoms with van der Waals surface area (Å²) in [5, 5.41) is 10.3. The van der Waals surface area contributed by atoms with Crippen LogP contribution >= 0.6 is 11.6 Å². The molecule has 0 aliphatic rings. The van der Waals surface area contributed by atoms with E-state index in [1.54, 1.807) is 0 Å². The summed E-state index contributed by atoms with van der Waals surface area (Å²) in [5.74, 6) is 1.33. The van der Waals surface area contributed by atoms with E-state index in [0.29, 0.717) is 68.9 Å². The van der Waals surface area contributed by atoms with Crippen LogP contribution in [-0.4, -0.2) is 54.5 Å². The second-order valence-electron chi connectivity index (χ2n) is 6.72. The van der Waals surface area contributed by atoms with Gasteiger partial charge in [-0.15, -0.1) is 0 Å². The lowest BCUT2D eigenvalue weighted by Crippen LogP contribution is -2.17. The number of ether oxygens (including phenoxy) is 2. The number of hydrogen-bond acceptors (Lipinski definition) is 9. The average molecular weight is 458 g/mol. The van der Waals surface area contributed by atoms with Gasteiger partial charge in [0, 0.05) is 30.3 Å². The van der Waals surface area contributed by atoms with Gasteiger partial charge in [0.1, 0.15) is 0 Å². The van der Waals surface area contributed by atoms with E-state index in [2.05, 4.69) is 30.9 Å². The van der Waals surface area contributed by atoms with E-state index >= 15 is 0 Å². The van der Waals surface area contributed by atoms with E-state index in [-0.39, 0.29) is 0 Å². The molecule has 0 amide bonds. The van der Waals surface area contributed by atoms with Gasteiger partial charge in [0.25, 0.3) is 0 Å². The number of anilines is 4. The van der Waals surface area contributed by atoms with Crippen molar-refractivity contribution in [3.05, 3.63) is 65.2 Å². The van der Waals surface area contributed by atoms with Crippen molar-refractivity contribution >= 4 is 35.1 Å². The maximum atomic E-state index is 5.96. The second-order valence-corrected chi connectivity index (χ2v) is 7.15. The number of nitrogens with two attached hydrogens (primary N) is 1. The largest absolute Gasteiger partial charge is 0.378 e. The molecule has 0 radical (unpaired) electrons. The summed E-state index contributed by atoms with van der Waals surface area (Å²) in [6.07, 6.45) is 0. The molecule has 1 heterocycles. The molecule has 10 heteroatoms. The molecule has 0 unspecified atom stereocenters. The topological polar surface area (TPSA) is 119 Å². The molecule has 0 saturated heterocycles. The van der Waals surface area contributed by atoms with Crippen LogP contribution in [0.4, 0.5) is 23.5 Å². The molecule has 32 heavy (non-hydrogen) atoms. The van der Waals surface area contributed by atoms with Crippen LogP contribution in [-0.2, 0) is 16.0 Å². The Balaban J connectivity index is 1.58. The smallest absolute Gasteiger partial charge is 0.233 e. The fraction of sp³-hybridized carbons (Fsp3) is 0.318. The fourth-order valence-electron chi connectivity index (χ4n) is 2.66. The Hall–Kier alpha value is -2.98. The zero-order valence-corrected chi connectivity index (χ0v) is 18.5. The van der Waals surface area contributed by atoms with Crippen molar-refractivity contribution in [3.8, 4) is 0 Å². The molecule has 0 spiro atoms. The first-order valence-electron chi connectivity index (χ1n) is 10.4. The first-order valence-corrected chi connectivity index (χ1v) is 10.8. The van der Waals surface area contributed by atoms with E-state index in [4.69, 9.17) is 26.8 Å². The summed E-state index contributed by atoms with van der Waals surface area (Å²) >= 11 is 5.96. The van der Waals surface area contributed by atoms with Crippen molar-refractivity contribution < 1.29 is 9.47 Å². The van der Waals surface area contributed by atoms with E-state index in [1.807, 2.05) is 54.6 Å². The highest BCUT2D eigenvalue weighted by Gasteiger charge is 2.07. The van der Waals surface area contributed by atoms with Gasteiger partial charge >= 0.3 is 0 Å². The van der Waals surface area contributed by atoms with Crippen LogP contribution in [0.5, 0.6) is 0 Å². The highest BCUT2D eigenvalue weighted by molar-refractivity contribution is 6.30. The summed E-state index contributed by atoms with van der Waals surface area (Å²) in [6.45, 7) is 3.66. The van der Waals surface area contributed by atoms with Gasteiger partial charge in [-0.05, 0) is 29.8 Å². The van der Waals surface area contributed by atoms with Crippen LogP contribution in [0.2, 0.25) is 5.02 Å². The van der Waals surface area contributed by atoms with Gasteiger partial charge in [-0.25, -0.2) is 0 Å². The molecule has 1 aromatic heterocycles. The van der Waals surface area contributed by atoms with Gasteiger partial charge < -0.3 is 31.2 Å². The summed E-state index contributed by atoms with van der Waals surface area (Å²) in [5.41, 5.74) is 7.32. The number of rotatable bonds is 14. The maximum Gasteiger partial charge on any atom is 0.233 e. The third-order valence-corrected chi connectivity index (χ3v) is 4.44. The Bertz CT molecular complexity index is 929. The van der Waals surface area contributed by atoms with Crippen molar-refractivity contribution in [2.45, 2.75) is 6.54 Å². The van der Waals surface area contributed by atoms with Crippen LogP contribution in [0.3, 0.4) is 0 Å². The number of aromatic nitrogens is 3. The highest BCUT2D eigenvalue weighted by Crippen LogP contribution is 2.16. The first-order chi connectivity index (χ1) is 15.7. The highest BCUT2D eigenvalue weighted by atomic mass is 35.5. The van der Waals surface area contributed by atoms with Crippen molar-refractivity contribution in [3.63, 3.8) is 0 Å². The first kappa shape index (κ1) is 23.7. The van der Waals surface area contributed by atoms with Crippen molar-refractivity contribution in [1.82, 2.24) is 15.0 Å². The summed E-state index contributed by atoms with van der Waals surface area (Å²) < 4.78 is 10.8. The molecule has 3 rings (SSSR count). The third-order valence-electron chi connectivity index (χ3n) is 4.19. The monoisotopic (exact) mass is 457 g/mol. The Kier molecular flexibility index (Phi) is 9.94. The molecule has 2 aromatic carbocycles. The number of nitrogens with zero attached hydrogens (tertiary/aromatic N) is 3. The van der Waals surface area contributed by atoms with Crippen LogP contribution < -0.4 is 21.7 Å². The predicted octanol–water partition coefficient (Wildman–Crippen LogP) is 3.28. The molecule has 0 saturated carbocycles. The number of benzene rings is 2. The second kappa shape index (κ2) is 13.4. The minimum atomic E-state index is 0.434. The zero-order chi connectivity index (χ0) is 22.4. The molecule has 0 bridgehead atoms.